The lowest BCUT2D eigenvalue weighted by molar-refractivity contribution is -0.133. The Morgan fingerprint density at radius 1 is 0.977 bits per heavy atom. The van der Waals surface area contributed by atoms with Gasteiger partial charge in [-0.05, 0) is 81.3 Å². The predicted molar refractivity (Wildman–Crippen MR) is 173 cm³/mol. The summed E-state index contributed by atoms with van der Waals surface area (Å²) in [6.07, 6.45) is 3.73. The number of rotatable bonds is 16. The van der Waals surface area contributed by atoms with Gasteiger partial charge in [0.25, 0.3) is 0 Å². The molecule has 13 heteroatoms. The summed E-state index contributed by atoms with van der Waals surface area (Å²) in [6, 6.07) is 12.2. The van der Waals surface area contributed by atoms with Gasteiger partial charge in [0.1, 0.15) is 4.90 Å². The van der Waals surface area contributed by atoms with E-state index >= 15 is 0 Å². The van der Waals surface area contributed by atoms with Crippen LogP contribution in [0.5, 0.6) is 0 Å². The third-order valence-corrected chi connectivity index (χ3v) is 10.6. The van der Waals surface area contributed by atoms with E-state index in [0.717, 1.165) is 42.2 Å². The van der Waals surface area contributed by atoms with Gasteiger partial charge >= 0.3 is 0 Å². The van der Waals surface area contributed by atoms with Crippen molar-refractivity contribution in [1.82, 2.24) is 25.2 Å². The van der Waals surface area contributed by atoms with E-state index in [-0.39, 0.29) is 34.8 Å². The van der Waals surface area contributed by atoms with Gasteiger partial charge in [0, 0.05) is 38.1 Å². The van der Waals surface area contributed by atoms with Crippen molar-refractivity contribution in [3.05, 3.63) is 63.6 Å². The average molecular weight is 669 g/mol. The van der Waals surface area contributed by atoms with Gasteiger partial charge in [-0.1, -0.05) is 53.5 Å². The van der Waals surface area contributed by atoms with E-state index in [1.54, 1.807) is 11.8 Å². The first kappa shape index (κ1) is 35.8. The summed E-state index contributed by atoms with van der Waals surface area (Å²) in [5.74, 6) is -0.558. The molecule has 0 atom stereocenters. The topological polar surface area (TPSA) is 128 Å². The quantitative estimate of drug-likeness (QED) is 0.236. The predicted octanol–water partition coefficient (Wildman–Crippen LogP) is 3.40. The summed E-state index contributed by atoms with van der Waals surface area (Å²) >= 11 is 12.6. The zero-order chi connectivity index (χ0) is 32.1. The molecule has 0 saturated carbocycles. The molecule has 1 aliphatic rings. The van der Waals surface area contributed by atoms with Crippen LogP contribution in [-0.2, 0) is 30.8 Å². The number of carbonyl (C=O) groups is 3. The Bertz CT molecular complexity index is 1370. The minimum absolute atomic E-state index is 0.00449. The first-order valence-corrected chi connectivity index (χ1v) is 17.2. The van der Waals surface area contributed by atoms with Crippen molar-refractivity contribution in [3.63, 3.8) is 0 Å². The van der Waals surface area contributed by atoms with E-state index in [9.17, 15) is 22.8 Å². The smallest absolute Gasteiger partial charge is 0.245 e. The highest BCUT2D eigenvalue weighted by atomic mass is 35.5. The van der Waals surface area contributed by atoms with Gasteiger partial charge in [-0.3, -0.25) is 14.4 Å². The highest BCUT2D eigenvalue weighted by Crippen LogP contribution is 2.32. The van der Waals surface area contributed by atoms with Crippen LogP contribution < -0.4 is 16.0 Å². The normalized spacial score (nSPS) is 13.9. The summed E-state index contributed by atoms with van der Waals surface area (Å²) in [5.41, 5.74) is 1.34. The Hall–Kier alpha value is -2.70. The molecule has 3 rings (SSSR count). The van der Waals surface area contributed by atoms with Gasteiger partial charge in [-0.15, -0.1) is 0 Å². The first-order valence-electron chi connectivity index (χ1n) is 15.0. The molecule has 2 aromatic rings. The van der Waals surface area contributed by atoms with Crippen LogP contribution in [0.1, 0.15) is 43.7 Å². The molecule has 1 aliphatic heterocycles. The van der Waals surface area contributed by atoms with Crippen LogP contribution in [-0.4, -0.2) is 87.7 Å². The molecular formula is C31H43Cl2N5O5S. The van der Waals surface area contributed by atoms with Crippen molar-refractivity contribution in [2.75, 3.05) is 52.4 Å². The van der Waals surface area contributed by atoms with Crippen LogP contribution in [0.3, 0.4) is 0 Å². The zero-order valence-electron chi connectivity index (χ0n) is 25.4. The van der Waals surface area contributed by atoms with Gasteiger partial charge in [0.2, 0.25) is 27.7 Å². The number of nitrogens with one attached hydrogen (secondary N) is 3. The molecule has 0 bridgehead atoms. The molecule has 0 unspecified atom stereocenters. The zero-order valence-corrected chi connectivity index (χ0v) is 27.7. The summed E-state index contributed by atoms with van der Waals surface area (Å²) in [5, 5.41) is 9.08. The second kappa shape index (κ2) is 17.7. The molecule has 44 heavy (non-hydrogen) atoms. The molecule has 0 aliphatic carbocycles. The SMILES string of the molecule is CC(=O)NCCCCN(CC1CCNCC1)C(=O)CNC(=O)CN(CCc1ccccc1)S(=O)(=O)c1ccc(Cl)c(C)c1Cl. The number of unbranched alkanes of at least 4 members (excludes halogenated alkanes) is 1. The van der Waals surface area contributed by atoms with Gasteiger partial charge in [0.05, 0.1) is 18.1 Å². The Morgan fingerprint density at radius 2 is 1.68 bits per heavy atom. The third kappa shape index (κ3) is 11.0. The van der Waals surface area contributed by atoms with Gasteiger partial charge in [-0.25, -0.2) is 8.42 Å². The van der Waals surface area contributed by atoms with Crippen molar-refractivity contribution < 1.29 is 22.8 Å². The maximum absolute atomic E-state index is 13.8. The fraction of sp³-hybridized carbons (Fsp3) is 0.516. The van der Waals surface area contributed by atoms with E-state index in [1.807, 2.05) is 30.3 Å². The molecule has 0 spiro atoms. The monoisotopic (exact) mass is 667 g/mol. The van der Waals surface area contributed by atoms with Gasteiger partial charge in [0.15, 0.2) is 0 Å². The molecule has 3 amide bonds. The number of benzene rings is 2. The number of piperidine rings is 1. The number of carbonyl (C=O) groups excluding carboxylic acids is 3. The van der Waals surface area contributed by atoms with E-state index in [4.69, 9.17) is 23.2 Å². The summed E-state index contributed by atoms with van der Waals surface area (Å²) in [7, 11) is -4.18. The molecular weight excluding hydrogens is 625 g/mol. The van der Waals surface area contributed by atoms with Crippen LogP contribution in [0.2, 0.25) is 10.0 Å². The van der Waals surface area contributed by atoms with Crippen LogP contribution in [0, 0.1) is 12.8 Å². The van der Waals surface area contributed by atoms with Crippen LogP contribution >= 0.6 is 23.2 Å². The van der Waals surface area contributed by atoms with Crippen molar-refractivity contribution in [2.24, 2.45) is 5.92 Å². The minimum Gasteiger partial charge on any atom is -0.356 e. The molecule has 1 heterocycles. The maximum atomic E-state index is 13.8. The lowest BCUT2D eigenvalue weighted by atomic mass is 9.97. The standard InChI is InChI=1S/C31H43Cl2N5O5S/c1-23-27(32)10-11-28(31(23)33)44(42,43)38(19-14-25-8-4-3-5-9-25)22-29(40)36-20-30(41)37(18-7-6-15-35-24(2)39)21-26-12-16-34-17-13-26/h3-5,8-11,26,34H,6-7,12-22H2,1-2H3,(H,35,39)(H,36,40). The summed E-state index contributed by atoms with van der Waals surface area (Å²) < 4.78 is 28.6. The molecule has 3 N–H and O–H groups in total. The Balaban J connectivity index is 1.68. The number of amides is 3. The molecule has 242 valence electrons. The molecule has 1 fully saturated rings. The number of hydrogen-bond donors (Lipinski definition) is 3. The van der Waals surface area contributed by atoms with E-state index in [1.165, 1.54) is 19.1 Å². The first-order chi connectivity index (χ1) is 21.0. The number of hydrogen-bond acceptors (Lipinski definition) is 6. The van der Waals surface area contributed by atoms with Crippen molar-refractivity contribution in [3.8, 4) is 0 Å². The summed E-state index contributed by atoms with van der Waals surface area (Å²) in [4.78, 5) is 39.2. The van der Waals surface area contributed by atoms with Crippen LogP contribution in [0.4, 0.5) is 0 Å². The Morgan fingerprint density at radius 3 is 2.36 bits per heavy atom. The molecule has 2 aromatic carbocycles. The fourth-order valence-corrected chi connectivity index (χ4v) is 7.23. The third-order valence-electron chi connectivity index (χ3n) is 7.67. The second-order valence-electron chi connectivity index (χ2n) is 11.1. The van der Waals surface area contributed by atoms with Crippen molar-refractivity contribution >= 4 is 50.9 Å². The highest BCUT2D eigenvalue weighted by molar-refractivity contribution is 7.89. The van der Waals surface area contributed by atoms with E-state index in [2.05, 4.69) is 16.0 Å². The lowest BCUT2D eigenvalue weighted by Gasteiger charge is -2.30. The van der Waals surface area contributed by atoms with Crippen molar-refractivity contribution in [1.29, 1.82) is 0 Å². The fourth-order valence-electron chi connectivity index (χ4n) is 5.05. The second-order valence-corrected chi connectivity index (χ2v) is 13.8. The number of nitrogens with zero attached hydrogens (tertiary/aromatic N) is 2. The Kier molecular flexibility index (Phi) is 14.4. The molecule has 0 aromatic heterocycles. The minimum atomic E-state index is -4.18. The van der Waals surface area contributed by atoms with Crippen LogP contribution in [0.25, 0.3) is 0 Å². The summed E-state index contributed by atoms with van der Waals surface area (Å²) in [6.45, 7) is 5.82. The average Bonchev–Trinajstić information content (AvgIpc) is 3.00. The molecule has 10 nitrogen and oxygen atoms in total. The number of halogens is 2. The maximum Gasteiger partial charge on any atom is 0.245 e. The Labute approximate surface area is 270 Å². The van der Waals surface area contributed by atoms with Gasteiger partial charge in [-0.2, -0.15) is 4.31 Å². The van der Waals surface area contributed by atoms with Crippen molar-refractivity contribution in [2.45, 2.75) is 50.8 Å². The van der Waals surface area contributed by atoms with E-state index < -0.39 is 22.5 Å². The van der Waals surface area contributed by atoms with Crippen LogP contribution in [0.15, 0.2) is 47.4 Å². The molecule has 1 saturated heterocycles. The lowest BCUT2D eigenvalue weighted by Crippen LogP contribution is -2.47. The highest BCUT2D eigenvalue weighted by Gasteiger charge is 2.30. The van der Waals surface area contributed by atoms with E-state index in [0.29, 0.717) is 49.0 Å². The largest absolute Gasteiger partial charge is 0.356 e. The number of sulfonamides is 1. The van der Waals surface area contributed by atoms with Gasteiger partial charge < -0.3 is 20.9 Å². The molecule has 0 radical (unpaired) electrons.